The van der Waals surface area contributed by atoms with Crippen LogP contribution in [0, 0.1) is 0 Å². The number of aromatic nitrogens is 1. The van der Waals surface area contributed by atoms with E-state index in [-0.39, 0.29) is 19.1 Å². The van der Waals surface area contributed by atoms with Crippen LogP contribution in [0.25, 0.3) is 11.3 Å². The molecule has 1 unspecified atom stereocenters. The fraction of sp³-hybridized carbons (Fsp3) is 0.294. The van der Waals surface area contributed by atoms with Crippen LogP contribution in [0.3, 0.4) is 0 Å². The number of carbonyl (C=O) groups excluding carboxylic acids is 1. The van der Waals surface area contributed by atoms with E-state index >= 15 is 0 Å². The molecule has 1 fully saturated rings. The van der Waals surface area contributed by atoms with Crippen molar-refractivity contribution in [1.29, 1.82) is 0 Å². The molecule has 2 aromatic rings. The van der Waals surface area contributed by atoms with Crippen LogP contribution >= 0.6 is 15.9 Å². The fourth-order valence-corrected chi connectivity index (χ4v) is 3.35. The van der Waals surface area contributed by atoms with Gasteiger partial charge in [-0.3, -0.25) is 4.79 Å². The molecule has 0 spiro atoms. The van der Waals surface area contributed by atoms with Gasteiger partial charge in [0.1, 0.15) is 5.69 Å². The van der Waals surface area contributed by atoms with Gasteiger partial charge in [0, 0.05) is 29.3 Å². The maximum absolute atomic E-state index is 12.8. The second-order valence-corrected chi connectivity index (χ2v) is 6.42. The number of carboxylic acids is 1. The van der Waals surface area contributed by atoms with Gasteiger partial charge in [-0.1, -0.05) is 34.1 Å². The average molecular weight is 393 g/mol. The Hall–Kier alpha value is -2.12. The van der Waals surface area contributed by atoms with E-state index in [9.17, 15) is 14.7 Å². The predicted molar refractivity (Wildman–Crippen MR) is 91.8 cm³/mol. The molecule has 0 radical (unpaired) electrons. The van der Waals surface area contributed by atoms with Crippen molar-refractivity contribution in [2.75, 3.05) is 19.8 Å². The summed E-state index contributed by atoms with van der Waals surface area (Å²) in [5.74, 6) is -1.35. The molecule has 1 aliphatic rings. The summed E-state index contributed by atoms with van der Waals surface area (Å²) in [4.78, 5) is 25.6. The summed E-state index contributed by atoms with van der Waals surface area (Å²) in [7, 11) is 1.80. The number of aliphatic carboxylic acids is 1. The van der Waals surface area contributed by atoms with Gasteiger partial charge in [-0.25, -0.2) is 4.79 Å². The Kier molecular flexibility index (Phi) is 4.73. The molecule has 1 N–H and O–H groups in total. The zero-order valence-electron chi connectivity index (χ0n) is 13.1. The van der Waals surface area contributed by atoms with E-state index in [4.69, 9.17) is 4.74 Å². The Bertz CT molecular complexity index is 787. The first kappa shape index (κ1) is 16.7. The predicted octanol–water partition coefficient (Wildman–Crippen LogP) is 2.38. The van der Waals surface area contributed by atoms with E-state index in [0.717, 1.165) is 15.7 Å². The molecule has 1 aromatic heterocycles. The molecule has 126 valence electrons. The van der Waals surface area contributed by atoms with Gasteiger partial charge in [0.15, 0.2) is 6.04 Å². The summed E-state index contributed by atoms with van der Waals surface area (Å²) >= 11 is 3.52. The van der Waals surface area contributed by atoms with Gasteiger partial charge in [0.05, 0.1) is 13.2 Å². The lowest BCUT2D eigenvalue weighted by atomic mass is 10.1. The van der Waals surface area contributed by atoms with E-state index in [1.165, 1.54) is 4.90 Å². The molecule has 1 amide bonds. The summed E-state index contributed by atoms with van der Waals surface area (Å²) in [6, 6.07) is 10.4. The minimum atomic E-state index is -1.05. The maximum atomic E-state index is 12.8. The number of benzene rings is 1. The van der Waals surface area contributed by atoms with Crippen molar-refractivity contribution in [3.63, 3.8) is 0 Å². The van der Waals surface area contributed by atoms with Crippen molar-refractivity contribution in [3.05, 3.63) is 46.6 Å². The molecule has 0 bridgehead atoms. The number of amides is 1. The third-order valence-electron chi connectivity index (χ3n) is 4.17. The molecule has 0 aliphatic carbocycles. The van der Waals surface area contributed by atoms with Crippen LogP contribution in [0.2, 0.25) is 0 Å². The van der Waals surface area contributed by atoms with Gasteiger partial charge < -0.3 is 19.3 Å². The number of nitrogens with zero attached hydrogens (tertiary/aromatic N) is 2. The Labute approximate surface area is 147 Å². The SMILES string of the molecule is Cn1c(C(=O)N2CCOCC2C(=O)O)ccc1-c1ccccc1Br. The zero-order valence-corrected chi connectivity index (χ0v) is 14.7. The highest BCUT2D eigenvalue weighted by Gasteiger charge is 2.34. The molecule has 6 nitrogen and oxygen atoms in total. The molecule has 7 heteroatoms. The normalized spacial score (nSPS) is 17.8. The minimum absolute atomic E-state index is 0.0165. The number of halogens is 1. The maximum Gasteiger partial charge on any atom is 0.328 e. The standard InChI is InChI=1S/C17H17BrN2O4/c1-19-13(11-4-2-3-5-12(11)18)6-7-14(19)16(21)20-8-9-24-10-15(20)17(22)23/h2-7,15H,8-10H2,1H3,(H,22,23). The Morgan fingerprint density at radius 2 is 2.00 bits per heavy atom. The Morgan fingerprint density at radius 1 is 1.25 bits per heavy atom. The van der Waals surface area contributed by atoms with Crippen LogP contribution in [0.15, 0.2) is 40.9 Å². The largest absolute Gasteiger partial charge is 0.480 e. The van der Waals surface area contributed by atoms with E-state index in [1.54, 1.807) is 17.7 Å². The second kappa shape index (κ2) is 6.78. The molecule has 2 heterocycles. The minimum Gasteiger partial charge on any atom is -0.480 e. The number of carbonyl (C=O) groups is 2. The van der Waals surface area contributed by atoms with Crippen molar-refractivity contribution in [2.45, 2.75) is 6.04 Å². The molecule has 1 atom stereocenters. The molecule has 24 heavy (non-hydrogen) atoms. The Morgan fingerprint density at radius 3 is 2.71 bits per heavy atom. The van der Waals surface area contributed by atoms with Crippen LogP contribution < -0.4 is 0 Å². The van der Waals surface area contributed by atoms with Gasteiger partial charge in [-0.15, -0.1) is 0 Å². The smallest absolute Gasteiger partial charge is 0.328 e. The third kappa shape index (κ3) is 2.97. The second-order valence-electron chi connectivity index (χ2n) is 5.57. The third-order valence-corrected chi connectivity index (χ3v) is 4.86. The number of hydrogen-bond acceptors (Lipinski definition) is 3. The van der Waals surface area contributed by atoms with Crippen LogP contribution in [0.4, 0.5) is 0 Å². The van der Waals surface area contributed by atoms with Crippen LogP contribution in [0.1, 0.15) is 10.5 Å². The van der Waals surface area contributed by atoms with Gasteiger partial charge >= 0.3 is 5.97 Å². The summed E-state index contributed by atoms with van der Waals surface area (Å²) < 4.78 is 7.91. The van der Waals surface area contributed by atoms with E-state index in [2.05, 4.69) is 15.9 Å². The summed E-state index contributed by atoms with van der Waals surface area (Å²) in [6.45, 7) is 0.630. The zero-order chi connectivity index (χ0) is 17.3. The first-order valence-corrected chi connectivity index (χ1v) is 8.32. The van der Waals surface area contributed by atoms with Crippen molar-refractivity contribution in [2.24, 2.45) is 7.05 Å². The number of ether oxygens (including phenoxy) is 1. The Balaban J connectivity index is 1.94. The summed E-state index contributed by atoms with van der Waals surface area (Å²) in [6.07, 6.45) is 0. The van der Waals surface area contributed by atoms with Gasteiger partial charge in [0.2, 0.25) is 0 Å². The number of carboxylic acid groups (broad SMARTS) is 1. The molecule has 1 aliphatic heterocycles. The van der Waals surface area contributed by atoms with Gasteiger partial charge in [-0.2, -0.15) is 0 Å². The molecule has 1 aromatic carbocycles. The average Bonchev–Trinajstić information content (AvgIpc) is 2.96. The van der Waals surface area contributed by atoms with Crippen LogP contribution in [-0.2, 0) is 16.6 Å². The van der Waals surface area contributed by atoms with Crippen molar-refractivity contribution >= 4 is 27.8 Å². The lowest BCUT2D eigenvalue weighted by Crippen LogP contribution is -2.52. The molecule has 1 saturated heterocycles. The molecular formula is C17H17BrN2O4. The highest BCUT2D eigenvalue weighted by atomic mass is 79.9. The quantitative estimate of drug-likeness (QED) is 0.870. The van der Waals surface area contributed by atoms with Crippen molar-refractivity contribution in [1.82, 2.24) is 9.47 Å². The first-order chi connectivity index (χ1) is 11.5. The highest BCUT2D eigenvalue weighted by molar-refractivity contribution is 9.10. The van der Waals surface area contributed by atoms with Crippen molar-refractivity contribution in [3.8, 4) is 11.3 Å². The molecule has 0 saturated carbocycles. The van der Waals surface area contributed by atoms with E-state index in [1.807, 2.05) is 30.3 Å². The summed E-state index contributed by atoms with van der Waals surface area (Å²) in [5.41, 5.74) is 2.30. The summed E-state index contributed by atoms with van der Waals surface area (Å²) in [5, 5.41) is 9.31. The van der Waals surface area contributed by atoms with Gasteiger partial charge in [-0.05, 0) is 18.2 Å². The molecular weight excluding hydrogens is 376 g/mol. The van der Waals surface area contributed by atoms with Crippen LogP contribution in [0.5, 0.6) is 0 Å². The lowest BCUT2D eigenvalue weighted by Gasteiger charge is -2.32. The topological polar surface area (TPSA) is 71.8 Å². The van der Waals surface area contributed by atoms with Crippen molar-refractivity contribution < 1.29 is 19.4 Å². The number of rotatable bonds is 3. The van der Waals surface area contributed by atoms with Crippen LogP contribution in [-0.4, -0.2) is 52.3 Å². The number of morpholine rings is 1. The molecule has 3 rings (SSSR count). The monoisotopic (exact) mass is 392 g/mol. The number of hydrogen-bond donors (Lipinski definition) is 1. The lowest BCUT2D eigenvalue weighted by molar-refractivity contribution is -0.147. The first-order valence-electron chi connectivity index (χ1n) is 7.53. The van der Waals surface area contributed by atoms with E-state index < -0.39 is 12.0 Å². The fourth-order valence-electron chi connectivity index (χ4n) is 2.86. The van der Waals surface area contributed by atoms with E-state index in [0.29, 0.717) is 12.3 Å². The van der Waals surface area contributed by atoms with Gasteiger partial charge in [0.25, 0.3) is 5.91 Å². The highest BCUT2D eigenvalue weighted by Crippen LogP contribution is 2.29.